The van der Waals surface area contributed by atoms with Crippen LogP contribution < -0.4 is 16.1 Å². The lowest BCUT2D eigenvalue weighted by atomic mass is 9.80. The molecule has 180 valence electrons. The number of anilines is 1. The van der Waals surface area contributed by atoms with Gasteiger partial charge in [0.05, 0.1) is 0 Å². The molecule has 2 unspecified atom stereocenters. The van der Waals surface area contributed by atoms with E-state index in [4.69, 9.17) is 14.8 Å². The number of carbonyl (C=O) groups excluding carboxylic acids is 1. The first kappa shape index (κ1) is 22.3. The fourth-order valence-corrected chi connectivity index (χ4v) is 5.25. The topological polar surface area (TPSA) is 126 Å². The molecule has 2 saturated carbocycles. The third-order valence-electron chi connectivity index (χ3n) is 7.61. The number of amides is 1. The number of hydroxylamine groups is 1. The average molecular weight is 458 g/mol. The van der Waals surface area contributed by atoms with Crippen molar-refractivity contribution in [2.24, 2.45) is 17.8 Å². The second-order valence-corrected chi connectivity index (χ2v) is 10.2. The van der Waals surface area contributed by atoms with Crippen LogP contribution in [0.15, 0.2) is 0 Å². The molecule has 1 aliphatic heterocycles. The van der Waals surface area contributed by atoms with Crippen molar-refractivity contribution in [3.05, 3.63) is 11.6 Å². The maximum atomic E-state index is 11.6. The highest BCUT2D eigenvalue weighted by Gasteiger charge is 2.31. The second kappa shape index (κ2) is 9.06. The first-order valence-corrected chi connectivity index (χ1v) is 12.3. The number of aliphatic hydroxyl groups is 1. The minimum atomic E-state index is -0.727. The molecule has 3 heterocycles. The van der Waals surface area contributed by atoms with Gasteiger partial charge in [0.25, 0.3) is 0 Å². The van der Waals surface area contributed by atoms with Crippen molar-refractivity contribution in [2.75, 3.05) is 5.32 Å². The second-order valence-electron chi connectivity index (χ2n) is 10.2. The number of fused-ring (bicyclic) bond motifs is 1. The molecule has 0 spiro atoms. The van der Waals surface area contributed by atoms with Gasteiger partial charge in [-0.3, -0.25) is 5.32 Å². The number of nitrogens with zero attached hydrogens (tertiary/aromatic N) is 4. The van der Waals surface area contributed by atoms with Gasteiger partial charge >= 0.3 is 6.09 Å². The quantitative estimate of drug-likeness (QED) is 0.497. The van der Waals surface area contributed by atoms with E-state index in [2.05, 4.69) is 39.5 Å². The summed E-state index contributed by atoms with van der Waals surface area (Å²) in [5, 5.41) is 16.8. The normalized spacial score (nSPS) is 27.6. The number of hydrogen-bond acceptors (Lipinski definition) is 8. The van der Waals surface area contributed by atoms with Crippen LogP contribution >= 0.6 is 0 Å². The summed E-state index contributed by atoms with van der Waals surface area (Å²) in [4.78, 5) is 30.6. The lowest BCUT2D eigenvalue weighted by molar-refractivity contribution is 0.120. The molecule has 3 aliphatic rings. The van der Waals surface area contributed by atoms with E-state index in [0.717, 1.165) is 18.0 Å². The van der Waals surface area contributed by atoms with Crippen LogP contribution in [0.1, 0.15) is 89.6 Å². The number of aromatic nitrogens is 4. The largest absolute Gasteiger partial charge is 0.427 e. The van der Waals surface area contributed by atoms with Gasteiger partial charge in [-0.2, -0.15) is 0 Å². The van der Waals surface area contributed by atoms with Crippen LogP contribution in [0, 0.1) is 17.8 Å². The molecule has 0 aromatic carbocycles. The van der Waals surface area contributed by atoms with Crippen LogP contribution in [0.2, 0.25) is 0 Å². The number of rotatable bonds is 7. The van der Waals surface area contributed by atoms with Gasteiger partial charge in [0.15, 0.2) is 23.5 Å². The molecule has 1 amide bonds. The van der Waals surface area contributed by atoms with Crippen LogP contribution in [0.5, 0.6) is 0 Å². The molecular formula is C23H35N7O3. The van der Waals surface area contributed by atoms with Crippen molar-refractivity contribution >= 4 is 23.1 Å². The van der Waals surface area contributed by atoms with Crippen molar-refractivity contribution in [1.29, 1.82) is 0 Å². The summed E-state index contributed by atoms with van der Waals surface area (Å²) in [6.07, 6.45) is 6.56. The highest BCUT2D eigenvalue weighted by Crippen LogP contribution is 2.35. The van der Waals surface area contributed by atoms with E-state index in [1.807, 2.05) is 0 Å². The number of hydrogen-bond donors (Lipinski definition) is 4. The Hall–Kier alpha value is -2.46. The zero-order valence-corrected chi connectivity index (χ0v) is 19.7. The zero-order valence-electron chi connectivity index (χ0n) is 19.7. The summed E-state index contributed by atoms with van der Waals surface area (Å²) in [6, 6.07) is 0.251. The van der Waals surface area contributed by atoms with E-state index >= 15 is 0 Å². The van der Waals surface area contributed by atoms with E-state index in [9.17, 15) is 9.90 Å². The summed E-state index contributed by atoms with van der Waals surface area (Å²) in [6.45, 7) is 7.05. The summed E-state index contributed by atoms with van der Waals surface area (Å²) in [5.74, 6) is 3.61. The van der Waals surface area contributed by atoms with Gasteiger partial charge < -0.3 is 19.8 Å². The van der Waals surface area contributed by atoms with Crippen LogP contribution in [0.3, 0.4) is 0 Å². The molecule has 4 N–H and O–H groups in total. The highest BCUT2D eigenvalue weighted by atomic mass is 16.7. The van der Waals surface area contributed by atoms with Crippen LogP contribution in [0.25, 0.3) is 11.2 Å². The number of imidazole rings is 1. The number of aliphatic hydroxyl groups excluding tert-OH is 1. The van der Waals surface area contributed by atoms with Gasteiger partial charge in [-0.25, -0.2) is 19.7 Å². The maximum absolute atomic E-state index is 11.6. The minimum Gasteiger partial charge on any atom is -0.385 e. The molecule has 33 heavy (non-hydrogen) atoms. The van der Waals surface area contributed by atoms with Crippen molar-refractivity contribution < 1.29 is 14.7 Å². The van der Waals surface area contributed by atoms with E-state index in [1.54, 1.807) is 6.92 Å². The Bertz CT molecular complexity index is 1010. The summed E-state index contributed by atoms with van der Waals surface area (Å²) >= 11 is 0. The first-order chi connectivity index (χ1) is 15.9. The third-order valence-corrected chi connectivity index (χ3v) is 7.61. The molecule has 5 rings (SSSR count). The van der Waals surface area contributed by atoms with Crippen LogP contribution in [-0.2, 0) is 11.4 Å². The molecule has 2 aromatic heterocycles. The highest BCUT2D eigenvalue weighted by molar-refractivity contribution is 5.84. The van der Waals surface area contributed by atoms with Gasteiger partial charge in [0, 0.05) is 12.6 Å². The molecule has 10 nitrogen and oxygen atoms in total. The van der Waals surface area contributed by atoms with Crippen molar-refractivity contribution in [2.45, 2.75) is 90.6 Å². The minimum absolute atomic E-state index is 0.251. The summed E-state index contributed by atoms with van der Waals surface area (Å²) < 4.78 is 2.12. The maximum Gasteiger partial charge on any atom is 0.427 e. The number of carbonyl (C=O) groups is 1. The first-order valence-electron chi connectivity index (χ1n) is 12.3. The SMILES string of the molecule is CC1CCC(Cn2c(C(C)O)nc3nc(C4NOC(=O)N4)nc(N[C@H](C)C4CCC4)c32)CC1. The van der Waals surface area contributed by atoms with E-state index in [0.29, 0.717) is 34.9 Å². The fraction of sp³-hybridized carbons (Fsp3) is 0.739. The van der Waals surface area contributed by atoms with Crippen molar-refractivity contribution in [3.8, 4) is 0 Å². The van der Waals surface area contributed by atoms with Gasteiger partial charge in [0.1, 0.15) is 17.4 Å². The fourth-order valence-electron chi connectivity index (χ4n) is 5.25. The molecule has 2 aromatic rings. The Balaban J connectivity index is 1.56. The van der Waals surface area contributed by atoms with Gasteiger partial charge in [-0.15, -0.1) is 5.48 Å². The van der Waals surface area contributed by atoms with Gasteiger partial charge in [-0.05, 0) is 57.3 Å². The molecule has 1 saturated heterocycles. The lowest BCUT2D eigenvalue weighted by Gasteiger charge is -2.32. The zero-order chi connectivity index (χ0) is 23.1. The smallest absolute Gasteiger partial charge is 0.385 e. The van der Waals surface area contributed by atoms with Crippen LogP contribution in [0.4, 0.5) is 10.6 Å². The van der Waals surface area contributed by atoms with Crippen molar-refractivity contribution in [1.82, 2.24) is 30.3 Å². The molecule has 0 radical (unpaired) electrons. The molecule has 2 aliphatic carbocycles. The monoisotopic (exact) mass is 457 g/mol. The van der Waals surface area contributed by atoms with E-state index < -0.39 is 18.4 Å². The Kier molecular flexibility index (Phi) is 6.13. The Morgan fingerprint density at radius 3 is 2.52 bits per heavy atom. The Morgan fingerprint density at radius 2 is 1.91 bits per heavy atom. The lowest BCUT2D eigenvalue weighted by Crippen LogP contribution is -2.32. The molecule has 10 heteroatoms. The Morgan fingerprint density at radius 1 is 1.15 bits per heavy atom. The standard InChI is InChI=1S/C23H35N7O3/c1-12-7-9-15(10-8-12)11-30-17-18(24-13(2)16-5-4-6-16)25-20(21-28-23(32)33-29-21)26-19(17)27-22(30)14(3)31/h12-16,21,29,31H,4-11H2,1-3H3,(H,28,32)(H,24,25,26)/t12?,13-,14?,15?,21?/m1/s1. The predicted octanol–water partition coefficient (Wildman–Crippen LogP) is 3.55. The predicted molar refractivity (Wildman–Crippen MR) is 123 cm³/mol. The van der Waals surface area contributed by atoms with Crippen molar-refractivity contribution in [3.63, 3.8) is 0 Å². The molecule has 3 fully saturated rings. The van der Waals surface area contributed by atoms with E-state index in [1.165, 1.54) is 44.9 Å². The van der Waals surface area contributed by atoms with E-state index in [-0.39, 0.29) is 6.04 Å². The van der Waals surface area contributed by atoms with Gasteiger partial charge in [0.2, 0.25) is 0 Å². The molecular weight excluding hydrogens is 422 g/mol. The Labute approximate surface area is 193 Å². The molecule has 3 atom stereocenters. The average Bonchev–Trinajstić information content (AvgIpc) is 3.32. The number of nitrogens with one attached hydrogen (secondary N) is 3. The van der Waals surface area contributed by atoms with Gasteiger partial charge in [-0.1, -0.05) is 26.2 Å². The molecule has 0 bridgehead atoms. The van der Waals surface area contributed by atoms with Crippen LogP contribution in [-0.4, -0.2) is 36.8 Å². The third kappa shape index (κ3) is 4.50. The summed E-state index contributed by atoms with van der Waals surface area (Å²) in [7, 11) is 0. The summed E-state index contributed by atoms with van der Waals surface area (Å²) in [5.41, 5.74) is 3.97.